The molecule has 2 aliphatic rings. The maximum Gasteiger partial charge on any atom is 0.324 e. The number of rotatable bonds is 5. The lowest BCUT2D eigenvalue weighted by atomic mass is 9.85. The van der Waals surface area contributed by atoms with Crippen LogP contribution in [0.5, 0.6) is 0 Å². The SMILES string of the molecule is CCOC(=O)C1CCC(N(C(=O)Nc2ncc(Cl)s2)C2CCCC2)CC1. The molecule has 1 aromatic heterocycles. The lowest BCUT2D eigenvalue weighted by Crippen LogP contribution is -2.50. The second kappa shape index (κ2) is 9.04. The number of urea groups is 1. The van der Waals surface area contributed by atoms with E-state index in [9.17, 15) is 9.59 Å². The van der Waals surface area contributed by atoms with Crippen LogP contribution in [0, 0.1) is 5.92 Å². The molecule has 1 heterocycles. The van der Waals surface area contributed by atoms with Crippen LogP contribution in [0.3, 0.4) is 0 Å². The third kappa shape index (κ3) is 4.68. The van der Waals surface area contributed by atoms with Gasteiger partial charge >= 0.3 is 12.0 Å². The van der Waals surface area contributed by atoms with E-state index < -0.39 is 0 Å². The van der Waals surface area contributed by atoms with Crippen LogP contribution < -0.4 is 5.32 Å². The number of hydrogen-bond acceptors (Lipinski definition) is 5. The molecule has 144 valence electrons. The molecule has 0 spiro atoms. The first-order chi connectivity index (χ1) is 12.6. The predicted molar refractivity (Wildman–Crippen MR) is 103 cm³/mol. The summed E-state index contributed by atoms with van der Waals surface area (Å²) in [5.41, 5.74) is 0. The molecule has 2 fully saturated rings. The fourth-order valence-electron chi connectivity index (χ4n) is 4.13. The minimum absolute atomic E-state index is 0.0301. The van der Waals surface area contributed by atoms with Gasteiger partial charge in [-0.25, -0.2) is 9.78 Å². The average Bonchev–Trinajstić information content (AvgIpc) is 3.28. The first-order valence-corrected chi connectivity index (χ1v) is 10.6. The van der Waals surface area contributed by atoms with Crippen molar-refractivity contribution in [1.82, 2.24) is 9.88 Å². The molecule has 26 heavy (non-hydrogen) atoms. The van der Waals surface area contributed by atoms with Crippen LogP contribution >= 0.6 is 22.9 Å². The molecule has 8 heteroatoms. The zero-order chi connectivity index (χ0) is 18.5. The van der Waals surface area contributed by atoms with Crippen LogP contribution in [0.25, 0.3) is 0 Å². The topological polar surface area (TPSA) is 71.5 Å². The summed E-state index contributed by atoms with van der Waals surface area (Å²) in [7, 11) is 0. The van der Waals surface area contributed by atoms with E-state index in [2.05, 4.69) is 10.3 Å². The Hall–Kier alpha value is -1.34. The molecule has 6 nitrogen and oxygen atoms in total. The van der Waals surface area contributed by atoms with E-state index in [4.69, 9.17) is 16.3 Å². The number of carbonyl (C=O) groups is 2. The van der Waals surface area contributed by atoms with Gasteiger partial charge in [0.15, 0.2) is 5.13 Å². The summed E-state index contributed by atoms with van der Waals surface area (Å²) < 4.78 is 5.71. The number of thiazole rings is 1. The highest BCUT2D eigenvalue weighted by molar-refractivity contribution is 7.19. The van der Waals surface area contributed by atoms with Crippen molar-refractivity contribution in [2.45, 2.75) is 70.4 Å². The molecule has 2 amide bonds. The molecule has 0 aromatic carbocycles. The van der Waals surface area contributed by atoms with Crippen LogP contribution in [-0.4, -0.2) is 40.6 Å². The molecule has 0 unspecified atom stereocenters. The van der Waals surface area contributed by atoms with Crippen molar-refractivity contribution < 1.29 is 14.3 Å². The van der Waals surface area contributed by atoms with E-state index in [-0.39, 0.29) is 30.0 Å². The summed E-state index contributed by atoms with van der Waals surface area (Å²) >= 11 is 7.18. The first-order valence-electron chi connectivity index (χ1n) is 9.45. The van der Waals surface area contributed by atoms with E-state index in [0.717, 1.165) is 51.4 Å². The second-order valence-electron chi connectivity index (χ2n) is 7.00. The van der Waals surface area contributed by atoms with Gasteiger partial charge in [-0.2, -0.15) is 0 Å². The Labute approximate surface area is 163 Å². The molecule has 0 atom stereocenters. The van der Waals surface area contributed by atoms with Crippen LogP contribution in [0.15, 0.2) is 6.20 Å². The summed E-state index contributed by atoms with van der Waals surface area (Å²) in [5, 5.41) is 3.44. The number of ether oxygens (including phenoxy) is 1. The number of nitrogens with zero attached hydrogens (tertiary/aromatic N) is 2. The Morgan fingerprint density at radius 1 is 1.23 bits per heavy atom. The fourth-order valence-corrected chi connectivity index (χ4v) is 4.93. The highest BCUT2D eigenvalue weighted by Gasteiger charge is 2.37. The van der Waals surface area contributed by atoms with Crippen LogP contribution in [0.1, 0.15) is 58.3 Å². The number of hydrogen-bond donors (Lipinski definition) is 1. The first kappa shape index (κ1) is 19.4. The molecule has 0 bridgehead atoms. The van der Waals surface area contributed by atoms with Gasteiger partial charge in [-0.3, -0.25) is 10.1 Å². The Morgan fingerprint density at radius 2 is 1.88 bits per heavy atom. The molecule has 0 radical (unpaired) electrons. The Kier molecular flexibility index (Phi) is 6.75. The maximum absolute atomic E-state index is 13.0. The molecule has 1 N–H and O–H groups in total. The minimum atomic E-state index is -0.0970. The lowest BCUT2D eigenvalue weighted by Gasteiger charge is -2.39. The zero-order valence-electron chi connectivity index (χ0n) is 15.1. The zero-order valence-corrected chi connectivity index (χ0v) is 16.7. The van der Waals surface area contributed by atoms with Crippen LogP contribution in [0.4, 0.5) is 9.93 Å². The molecular formula is C18H26ClN3O3S. The molecular weight excluding hydrogens is 374 g/mol. The van der Waals surface area contributed by atoms with Crippen molar-refractivity contribution in [1.29, 1.82) is 0 Å². The molecule has 0 saturated heterocycles. The van der Waals surface area contributed by atoms with Crippen LogP contribution in [0.2, 0.25) is 4.34 Å². The Balaban J connectivity index is 1.65. The van der Waals surface area contributed by atoms with E-state index in [1.807, 2.05) is 11.8 Å². The Bertz CT molecular complexity index is 625. The summed E-state index contributed by atoms with van der Waals surface area (Å²) in [4.78, 5) is 31.1. The highest BCUT2D eigenvalue weighted by atomic mass is 35.5. The van der Waals surface area contributed by atoms with Crippen molar-refractivity contribution in [3.05, 3.63) is 10.5 Å². The summed E-state index contributed by atoms with van der Waals surface area (Å²) in [6.07, 6.45) is 9.20. The minimum Gasteiger partial charge on any atom is -0.466 e. The van der Waals surface area contributed by atoms with Crippen molar-refractivity contribution in [3.63, 3.8) is 0 Å². The maximum atomic E-state index is 13.0. The van der Waals surface area contributed by atoms with Gasteiger partial charge < -0.3 is 9.64 Å². The molecule has 1 aromatic rings. The fraction of sp³-hybridized carbons (Fsp3) is 0.722. The quantitative estimate of drug-likeness (QED) is 0.728. The summed E-state index contributed by atoms with van der Waals surface area (Å²) in [6, 6.07) is 0.344. The number of carbonyl (C=O) groups excluding carboxylic acids is 2. The van der Waals surface area contributed by atoms with E-state index in [1.165, 1.54) is 11.3 Å². The average molecular weight is 400 g/mol. The number of anilines is 1. The Morgan fingerprint density at radius 3 is 2.46 bits per heavy atom. The van der Waals surface area contributed by atoms with Gasteiger partial charge in [0, 0.05) is 12.1 Å². The van der Waals surface area contributed by atoms with Crippen molar-refractivity contribution in [3.8, 4) is 0 Å². The smallest absolute Gasteiger partial charge is 0.324 e. The normalized spacial score (nSPS) is 23.6. The lowest BCUT2D eigenvalue weighted by molar-refractivity contribution is -0.149. The number of nitrogens with one attached hydrogen (secondary N) is 1. The van der Waals surface area contributed by atoms with Crippen molar-refractivity contribution in [2.75, 3.05) is 11.9 Å². The van der Waals surface area contributed by atoms with Gasteiger partial charge in [0.1, 0.15) is 4.34 Å². The molecule has 0 aliphatic heterocycles. The third-order valence-corrected chi connectivity index (χ3v) is 6.38. The van der Waals surface area contributed by atoms with E-state index in [0.29, 0.717) is 16.1 Å². The van der Waals surface area contributed by atoms with E-state index >= 15 is 0 Å². The molecule has 2 aliphatic carbocycles. The van der Waals surface area contributed by atoms with Crippen LogP contribution in [-0.2, 0) is 9.53 Å². The van der Waals surface area contributed by atoms with Crippen molar-refractivity contribution in [2.24, 2.45) is 5.92 Å². The van der Waals surface area contributed by atoms with Gasteiger partial charge in [-0.05, 0) is 45.4 Å². The van der Waals surface area contributed by atoms with Gasteiger partial charge in [0.25, 0.3) is 0 Å². The summed E-state index contributed by atoms with van der Waals surface area (Å²) in [5.74, 6) is -0.127. The van der Waals surface area contributed by atoms with Crippen molar-refractivity contribution >= 4 is 40.1 Å². The van der Waals surface area contributed by atoms with E-state index in [1.54, 1.807) is 6.20 Å². The number of aromatic nitrogens is 1. The van der Waals surface area contributed by atoms with Gasteiger partial charge in [0.2, 0.25) is 0 Å². The summed E-state index contributed by atoms with van der Waals surface area (Å²) in [6.45, 7) is 2.26. The number of halogens is 1. The largest absolute Gasteiger partial charge is 0.466 e. The highest BCUT2D eigenvalue weighted by Crippen LogP contribution is 2.34. The number of amides is 2. The van der Waals surface area contributed by atoms with Gasteiger partial charge in [-0.15, -0.1) is 0 Å². The monoisotopic (exact) mass is 399 g/mol. The molecule has 2 saturated carbocycles. The standard InChI is InChI=1S/C18H26ClN3O3S/c1-2-25-16(23)12-7-9-14(10-8-12)22(13-5-3-4-6-13)18(24)21-17-20-11-15(19)26-17/h11-14H,2-10H2,1H3,(H,20,21,24). The third-order valence-electron chi connectivity index (χ3n) is 5.35. The molecule has 3 rings (SSSR count). The number of esters is 1. The predicted octanol–water partition coefficient (Wildman–Crippen LogP) is 4.69. The second-order valence-corrected chi connectivity index (χ2v) is 8.66. The van der Waals surface area contributed by atoms with Gasteiger partial charge in [-0.1, -0.05) is 35.8 Å². The van der Waals surface area contributed by atoms with Gasteiger partial charge in [0.05, 0.1) is 18.7 Å².